The smallest absolute Gasteiger partial charge is 0.217 e. The second-order valence-corrected chi connectivity index (χ2v) is 3.79. The van der Waals surface area contributed by atoms with E-state index in [2.05, 4.69) is 17.2 Å². The number of hydrogen-bond acceptors (Lipinski definition) is 4. The molecule has 0 aromatic carbocycles. The highest BCUT2D eigenvalue weighted by molar-refractivity contribution is 5.25. The highest BCUT2D eigenvalue weighted by atomic mass is 16.5. The van der Waals surface area contributed by atoms with Crippen molar-refractivity contribution < 1.29 is 9.15 Å². The third-order valence-electron chi connectivity index (χ3n) is 2.61. The Morgan fingerprint density at radius 2 is 2.29 bits per heavy atom. The fraction of sp³-hybridized carbons (Fsp3) is 0.308. The molecule has 1 atom stereocenters. The minimum atomic E-state index is 0.162. The summed E-state index contributed by atoms with van der Waals surface area (Å²) in [6, 6.07) is 7.90. The molecule has 0 radical (unpaired) electrons. The van der Waals surface area contributed by atoms with E-state index in [1.165, 1.54) is 0 Å². The van der Waals surface area contributed by atoms with Gasteiger partial charge >= 0.3 is 0 Å². The zero-order chi connectivity index (χ0) is 12.1. The van der Waals surface area contributed by atoms with Crippen LogP contribution in [0, 0.1) is 0 Å². The van der Waals surface area contributed by atoms with Gasteiger partial charge in [0.15, 0.2) is 0 Å². The molecule has 2 rings (SSSR count). The number of nitrogens with one attached hydrogen (secondary N) is 1. The topological polar surface area (TPSA) is 47.3 Å². The van der Waals surface area contributed by atoms with Gasteiger partial charge in [0.1, 0.15) is 5.76 Å². The van der Waals surface area contributed by atoms with E-state index < -0.39 is 0 Å². The lowest BCUT2D eigenvalue weighted by Crippen LogP contribution is -2.18. The minimum Gasteiger partial charge on any atom is -0.481 e. The Hall–Kier alpha value is -1.81. The largest absolute Gasteiger partial charge is 0.481 e. The maximum Gasteiger partial charge on any atom is 0.217 e. The molecule has 1 N–H and O–H groups in total. The van der Waals surface area contributed by atoms with E-state index in [-0.39, 0.29) is 6.04 Å². The molecule has 4 nitrogen and oxygen atoms in total. The molecule has 2 aromatic rings. The van der Waals surface area contributed by atoms with Gasteiger partial charge in [0.2, 0.25) is 5.88 Å². The third-order valence-corrected chi connectivity index (χ3v) is 2.61. The summed E-state index contributed by atoms with van der Waals surface area (Å²) in [5.41, 5.74) is 1.04. The highest BCUT2D eigenvalue weighted by Crippen LogP contribution is 2.16. The predicted octanol–water partition coefficient (Wildman–Crippen LogP) is 2.53. The number of hydrogen-bond donors (Lipinski definition) is 1. The summed E-state index contributed by atoms with van der Waals surface area (Å²) in [5.74, 6) is 1.58. The standard InChI is InChI=1S/C13H16N2O2/c1-10(12-6-4-8-17-12)15-9-11-5-3-7-14-13(11)16-2/h3-8,10,15H,9H2,1-2H3. The zero-order valence-electron chi connectivity index (χ0n) is 10.0. The van der Waals surface area contributed by atoms with E-state index in [1.807, 2.05) is 24.3 Å². The lowest BCUT2D eigenvalue weighted by Gasteiger charge is -2.12. The van der Waals surface area contributed by atoms with Crippen LogP contribution in [0.5, 0.6) is 5.88 Å². The van der Waals surface area contributed by atoms with Crippen LogP contribution < -0.4 is 10.1 Å². The summed E-state index contributed by atoms with van der Waals surface area (Å²) < 4.78 is 10.5. The molecule has 0 saturated carbocycles. The fourth-order valence-electron chi connectivity index (χ4n) is 1.64. The molecule has 0 aliphatic rings. The monoisotopic (exact) mass is 232 g/mol. The van der Waals surface area contributed by atoms with Gasteiger partial charge in [-0.1, -0.05) is 6.07 Å². The van der Waals surface area contributed by atoms with Gasteiger partial charge in [0.05, 0.1) is 19.4 Å². The van der Waals surface area contributed by atoms with Gasteiger partial charge in [0.25, 0.3) is 0 Å². The molecule has 0 aliphatic heterocycles. The molecule has 0 spiro atoms. The van der Waals surface area contributed by atoms with Crippen molar-refractivity contribution in [3.8, 4) is 5.88 Å². The Kier molecular flexibility index (Phi) is 3.77. The quantitative estimate of drug-likeness (QED) is 0.860. The maximum absolute atomic E-state index is 5.33. The average Bonchev–Trinajstić information content (AvgIpc) is 2.90. The first-order valence-electron chi connectivity index (χ1n) is 5.56. The Morgan fingerprint density at radius 3 is 3.00 bits per heavy atom. The molecule has 2 heterocycles. The number of pyridine rings is 1. The maximum atomic E-state index is 5.33. The molecule has 0 bridgehead atoms. The Labute approximate surface area is 101 Å². The molecule has 2 aromatic heterocycles. The first kappa shape index (κ1) is 11.7. The van der Waals surface area contributed by atoms with Crippen LogP contribution in [0.25, 0.3) is 0 Å². The van der Waals surface area contributed by atoms with Gasteiger partial charge in [0, 0.05) is 18.3 Å². The lowest BCUT2D eigenvalue weighted by molar-refractivity contribution is 0.385. The third kappa shape index (κ3) is 2.85. The summed E-state index contributed by atoms with van der Waals surface area (Å²) in [5, 5.41) is 3.36. The van der Waals surface area contributed by atoms with Gasteiger partial charge in [-0.3, -0.25) is 0 Å². The molecule has 4 heteroatoms. The number of ether oxygens (including phenoxy) is 1. The van der Waals surface area contributed by atoms with Crippen LogP contribution in [0.2, 0.25) is 0 Å². The van der Waals surface area contributed by atoms with Crippen LogP contribution in [-0.4, -0.2) is 12.1 Å². The van der Waals surface area contributed by atoms with Crippen molar-refractivity contribution in [2.75, 3.05) is 7.11 Å². The van der Waals surface area contributed by atoms with Crippen LogP contribution in [0.1, 0.15) is 24.3 Å². The van der Waals surface area contributed by atoms with E-state index in [9.17, 15) is 0 Å². The van der Waals surface area contributed by atoms with Crippen molar-refractivity contribution in [2.24, 2.45) is 0 Å². The minimum absolute atomic E-state index is 0.162. The van der Waals surface area contributed by atoms with Gasteiger partial charge in [-0.05, 0) is 25.1 Å². The average molecular weight is 232 g/mol. The van der Waals surface area contributed by atoms with Crippen LogP contribution in [0.4, 0.5) is 0 Å². The molecular formula is C13H16N2O2. The summed E-state index contributed by atoms with van der Waals surface area (Å²) >= 11 is 0. The van der Waals surface area contributed by atoms with E-state index in [0.717, 1.165) is 11.3 Å². The van der Waals surface area contributed by atoms with Crippen molar-refractivity contribution in [1.29, 1.82) is 0 Å². The number of aromatic nitrogens is 1. The molecule has 0 saturated heterocycles. The number of furan rings is 1. The number of rotatable bonds is 5. The second-order valence-electron chi connectivity index (χ2n) is 3.79. The molecule has 0 amide bonds. The van der Waals surface area contributed by atoms with Crippen molar-refractivity contribution in [1.82, 2.24) is 10.3 Å². The first-order chi connectivity index (χ1) is 8.31. The van der Waals surface area contributed by atoms with E-state index >= 15 is 0 Å². The van der Waals surface area contributed by atoms with Crippen LogP contribution in [0.15, 0.2) is 41.1 Å². The molecular weight excluding hydrogens is 216 g/mol. The van der Waals surface area contributed by atoms with E-state index in [4.69, 9.17) is 9.15 Å². The SMILES string of the molecule is COc1ncccc1CNC(C)c1ccco1. The first-order valence-corrected chi connectivity index (χ1v) is 5.56. The summed E-state index contributed by atoms with van der Waals surface area (Å²) in [6.45, 7) is 2.75. The number of nitrogens with zero attached hydrogens (tertiary/aromatic N) is 1. The molecule has 90 valence electrons. The zero-order valence-corrected chi connectivity index (χ0v) is 10.0. The van der Waals surface area contributed by atoms with Gasteiger partial charge in [-0.15, -0.1) is 0 Å². The molecule has 17 heavy (non-hydrogen) atoms. The van der Waals surface area contributed by atoms with Crippen molar-refractivity contribution in [2.45, 2.75) is 19.5 Å². The van der Waals surface area contributed by atoms with Crippen molar-refractivity contribution in [3.05, 3.63) is 48.0 Å². The lowest BCUT2D eigenvalue weighted by atomic mass is 10.2. The van der Waals surface area contributed by atoms with E-state index in [0.29, 0.717) is 12.4 Å². The second kappa shape index (κ2) is 5.50. The van der Waals surface area contributed by atoms with Crippen molar-refractivity contribution in [3.63, 3.8) is 0 Å². The molecule has 1 unspecified atom stereocenters. The van der Waals surface area contributed by atoms with E-state index in [1.54, 1.807) is 19.6 Å². The summed E-state index contributed by atoms with van der Waals surface area (Å²) in [6.07, 6.45) is 3.40. The highest BCUT2D eigenvalue weighted by Gasteiger charge is 2.09. The molecule has 0 aliphatic carbocycles. The van der Waals surface area contributed by atoms with Gasteiger partial charge < -0.3 is 14.5 Å². The number of methoxy groups -OCH3 is 1. The fourth-order valence-corrected chi connectivity index (χ4v) is 1.64. The summed E-state index contributed by atoms with van der Waals surface area (Å²) in [7, 11) is 1.63. The van der Waals surface area contributed by atoms with Gasteiger partial charge in [-0.25, -0.2) is 4.98 Å². The normalized spacial score (nSPS) is 12.4. The Bertz CT molecular complexity index is 454. The van der Waals surface area contributed by atoms with Crippen LogP contribution in [0.3, 0.4) is 0 Å². The Morgan fingerprint density at radius 1 is 1.41 bits per heavy atom. The van der Waals surface area contributed by atoms with Gasteiger partial charge in [-0.2, -0.15) is 0 Å². The van der Waals surface area contributed by atoms with Crippen LogP contribution >= 0.6 is 0 Å². The van der Waals surface area contributed by atoms with Crippen molar-refractivity contribution >= 4 is 0 Å². The predicted molar refractivity (Wildman–Crippen MR) is 64.8 cm³/mol. The Balaban J connectivity index is 1.98. The molecule has 0 fully saturated rings. The van der Waals surface area contributed by atoms with Crippen LogP contribution in [-0.2, 0) is 6.54 Å². The summed E-state index contributed by atoms with van der Waals surface area (Å²) in [4.78, 5) is 4.15.